The van der Waals surface area contributed by atoms with Gasteiger partial charge in [-0.3, -0.25) is 0 Å². The third-order valence-corrected chi connectivity index (χ3v) is 2.13. The van der Waals surface area contributed by atoms with E-state index in [4.69, 9.17) is 0 Å². The maximum Gasteiger partial charge on any atom is 0.0117 e. The van der Waals surface area contributed by atoms with Crippen molar-refractivity contribution in [2.24, 2.45) is 5.92 Å². The smallest absolute Gasteiger partial charge is 0.0117 e. The summed E-state index contributed by atoms with van der Waals surface area (Å²) in [4.78, 5) is 0. The highest BCUT2D eigenvalue weighted by Gasteiger charge is 2.11. The summed E-state index contributed by atoms with van der Waals surface area (Å²) in [5.41, 5.74) is 0. The van der Waals surface area contributed by atoms with Gasteiger partial charge in [0.15, 0.2) is 0 Å². The van der Waals surface area contributed by atoms with Crippen molar-refractivity contribution in [1.82, 2.24) is 0 Å². The summed E-state index contributed by atoms with van der Waals surface area (Å²) in [6.07, 6.45) is 8.90. The first-order valence-electron chi connectivity index (χ1n) is 4.14. The van der Waals surface area contributed by atoms with Gasteiger partial charge in [-0.05, 0) is 44.9 Å². The Labute approximate surface area is 64.0 Å². The topological polar surface area (TPSA) is 0 Å². The van der Waals surface area contributed by atoms with E-state index >= 15 is 0 Å². The minimum absolute atomic E-state index is 0.900. The first kappa shape index (κ1) is 7.66. The highest BCUT2D eigenvalue weighted by Crippen LogP contribution is 2.24. The molecule has 55 valence electrons. The van der Waals surface area contributed by atoms with Crippen molar-refractivity contribution in [1.29, 1.82) is 0 Å². The Balaban J connectivity index is 2.17. The van der Waals surface area contributed by atoms with Crippen molar-refractivity contribution in [3.63, 3.8) is 0 Å². The van der Waals surface area contributed by atoms with Gasteiger partial charge in [-0.25, -0.2) is 0 Å². The lowest BCUT2D eigenvalue weighted by Gasteiger charge is -2.18. The zero-order chi connectivity index (χ0) is 7.23. The molecule has 1 rings (SSSR count). The zero-order valence-electron chi connectivity index (χ0n) is 6.69. The fraction of sp³-hybridized carbons (Fsp3) is 0.700. The van der Waals surface area contributed by atoms with Crippen molar-refractivity contribution in [2.45, 2.75) is 39.0 Å². The minimum atomic E-state index is 0.900. The van der Waals surface area contributed by atoms with Crippen LogP contribution in [0, 0.1) is 24.2 Å². The van der Waals surface area contributed by atoms with E-state index in [2.05, 4.69) is 18.3 Å². The van der Waals surface area contributed by atoms with Crippen LogP contribution in [0.2, 0.25) is 0 Å². The van der Waals surface area contributed by atoms with Crippen LogP contribution < -0.4 is 0 Å². The summed E-state index contributed by atoms with van der Waals surface area (Å²) in [7, 11) is 0. The molecule has 0 aliphatic heterocycles. The number of rotatable bonds is 1. The third kappa shape index (κ3) is 2.43. The Hall–Kier alpha value is -0.440. The lowest BCUT2D eigenvalue weighted by molar-refractivity contribution is 0.414. The molecule has 0 bridgehead atoms. The molecule has 1 saturated carbocycles. The minimum Gasteiger partial charge on any atom is -0.107 e. The highest BCUT2D eigenvalue weighted by atomic mass is 14.2. The summed E-state index contributed by atoms with van der Waals surface area (Å²) >= 11 is 0. The van der Waals surface area contributed by atoms with Gasteiger partial charge in [0.1, 0.15) is 0 Å². The van der Waals surface area contributed by atoms with Crippen molar-refractivity contribution in [3.05, 3.63) is 6.42 Å². The van der Waals surface area contributed by atoms with Crippen molar-refractivity contribution in [3.8, 4) is 11.8 Å². The molecule has 0 N–H and O–H groups in total. The van der Waals surface area contributed by atoms with Crippen LogP contribution in [0.3, 0.4) is 0 Å². The molecule has 10 heavy (non-hydrogen) atoms. The first-order valence-corrected chi connectivity index (χ1v) is 4.14. The molecule has 1 aliphatic rings. The Kier molecular flexibility index (Phi) is 3.36. The summed E-state index contributed by atoms with van der Waals surface area (Å²) in [5, 5.41) is 0. The predicted octanol–water partition coefficient (Wildman–Crippen LogP) is 2.79. The van der Waals surface area contributed by atoms with Crippen molar-refractivity contribution >= 4 is 0 Å². The molecule has 0 heterocycles. The highest BCUT2D eigenvalue weighted by molar-refractivity contribution is 4.97. The lowest BCUT2D eigenvalue weighted by Crippen LogP contribution is -2.04. The molecule has 0 amide bonds. The van der Waals surface area contributed by atoms with Gasteiger partial charge in [0.25, 0.3) is 0 Å². The zero-order valence-corrected chi connectivity index (χ0v) is 6.69. The molecule has 0 heteroatoms. The van der Waals surface area contributed by atoms with Gasteiger partial charge in [0.05, 0.1) is 0 Å². The van der Waals surface area contributed by atoms with E-state index in [1.54, 1.807) is 0 Å². The molecular formula is C10H15. The fourth-order valence-electron chi connectivity index (χ4n) is 1.45. The van der Waals surface area contributed by atoms with Crippen LogP contribution in [-0.2, 0) is 0 Å². The van der Waals surface area contributed by atoms with Gasteiger partial charge in [0.2, 0.25) is 0 Å². The number of hydrogen-bond acceptors (Lipinski definition) is 0. The lowest BCUT2D eigenvalue weighted by atomic mass is 9.87. The fourth-order valence-corrected chi connectivity index (χ4v) is 1.45. The van der Waals surface area contributed by atoms with E-state index in [1.165, 1.54) is 25.7 Å². The van der Waals surface area contributed by atoms with E-state index in [0.717, 1.165) is 12.3 Å². The van der Waals surface area contributed by atoms with Gasteiger partial charge in [-0.1, -0.05) is 0 Å². The van der Waals surface area contributed by atoms with Gasteiger partial charge in [0, 0.05) is 6.42 Å². The van der Waals surface area contributed by atoms with E-state index < -0.39 is 0 Å². The van der Waals surface area contributed by atoms with Crippen LogP contribution in [0.25, 0.3) is 0 Å². The molecule has 1 aliphatic carbocycles. The summed E-state index contributed by atoms with van der Waals surface area (Å²) in [6.45, 7) is 1.93. The van der Waals surface area contributed by atoms with E-state index in [9.17, 15) is 0 Å². The second-order valence-electron chi connectivity index (χ2n) is 2.94. The van der Waals surface area contributed by atoms with Crippen LogP contribution >= 0.6 is 0 Å². The summed E-state index contributed by atoms with van der Waals surface area (Å²) < 4.78 is 0. The van der Waals surface area contributed by atoms with Gasteiger partial charge < -0.3 is 0 Å². The molecule has 1 radical (unpaired) electrons. The average molecular weight is 135 g/mol. The van der Waals surface area contributed by atoms with Gasteiger partial charge in [-0.15, -0.1) is 11.8 Å². The van der Waals surface area contributed by atoms with E-state index in [1.807, 2.05) is 6.92 Å². The average Bonchev–Trinajstić information content (AvgIpc) is 2.03. The number of hydrogen-bond donors (Lipinski definition) is 0. The molecule has 0 atom stereocenters. The second-order valence-corrected chi connectivity index (χ2v) is 2.94. The van der Waals surface area contributed by atoms with E-state index in [0.29, 0.717) is 0 Å². The quantitative estimate of drug-likeness (QED) is 0.485. The van der Waals surface area contributed by atoms with Crippen LogP contribution in [-0.4, -0.2) is 0 Å². The molecule has 0 aromatic carbocycles. The molecular weight excluding hydrogens is 120 g/mol. The Morgan fingerprint density at radius 2 is 2.10 bits per heavy atom. The van der Waals surface area contributed by atoms with E-state index in [-0.39, 0.29) is 0 Å². The third-order valence-electron chi connectivity index (χ3n) is 2.13. The van der Waals surface area contributed by atoms with Crippen LogP contribution in [0.1, 0.15) is 39.0 Å². The van der Waals surface area contributed by atoms with Crippen LogP contribution in [0.5, 0.6) is 0 Å². The van der Waals surface area contributed by atoms with Crippen LogP contribution in [0.4, 0.5) is 0 Å². The summed E-state index contributed by atoms with van der Waals surface area (Å²) in [6, 6.07) is 0. The first-order chi connectivity index (χ1) is 4.93. The predicted molar refractivity (Wildman–Crippen MR) is 44.3 cm³/mol. The second kappa shape index (κ2) is 4.39. The molecule has 0 saturated heterocycles. The van der Waals surface area contributed by atoms with Crippen molar-refractivity contribution in [2.75, 3.05) is 0 Å². The molecule has 0 aromatic heterocycles. The molecule has 0 spiro atoms. The Bertz CT molecular complexity index is 130. The maximum absolute atomic E-state index is 3.15. The van der Waals surface area contributed by atoms with Crippen LogP contribution in [0.15, 0.2) is 0 Å². The maximum atomic E-state index is 3.15. The summed E-state index contributed by atoms with van der Waals surface area (Å²) in [5.74, 6) is 7.01. The standard InChI is InChI=1S/C10H15/c1-2-3-7-10-8-5-4-6-9-10/h4,10H,5-9H2,1H3. The van der Waals surface area contributed by atoms with Crippen molar-refractivity contribution < 1.29 is 0 Å². The Morgan fingerprint density at radius 3 is 2.70 bits per heavy atom. The molecule has 0 aromatic rings. The SMILES string of the molecule is CC#CCC1CC[CH]CC1. The van der Waals surface area contributed by atoms with Gasteiger partial charge in [-0.2, -0.15) is 0 Å². The molecule has 0 nitrogen and oxygen atoms in total. The molecule has 0 unspecified atom stereocenters. The normalized spacial score (nSPS) is 19.7. The molecule has 1 fully saturated rings. The van der Waals surface area contributed by atoms with Gasteiger partial charge >= 0.3 is 0 Å². The monoisotopic (exact) mass is 135 g/mol. The largest absolute Gasteiger partial charge is 0.107 e. The Morgan fingerprint density at radius 1 is 1.40 bits per heavy atom.